The molecule has 5 atom stereocenters. The van der Waals surface area contributed by atoms with Crippen LogP contribution in [-0.4, -0.2) is 90.7 Å². The number of nitrogens with one attached hydrogen (secondary N) is 2. The van der Waals surface area contributed by atoms with E-state index >= 15 is 0 Å². The molecule has 2 saturated carbocycles. The molecule has 5 unspecified atom stereocenters. The lowest BCUT2D eigenvalue weighted by Crippen LogP contribution is -2.59. The fourth-order valence-corrected chi connectivity index (χ4v) is 7.11. The standard InChI is InChI=1S/C31H39F3N6O8S/c1-7-15-13-30(15,28(43)39-49(44,45)17-8-9-17)38-24(41)20-10-16(14-40(20)26(42)23(35)29(2,3)4)48-25-18-11-21(46-5)22(47-6)12-19(18)36-27(37-25)31(32,33)34/h7,11-12,15-17,20,23H,1,8-10,13-14,35H2,2-6H3,(H,38,41)(H,39,43). The van der Waals surface area contributed by atoms with Gasteiger partial charge in [0.25, 0.3) is 5.91 Å². The molecule has 1 aromatic carbocycles. The van der Waals surface area contributed by atoms with Crippen LogP contribution >= 0.6 is 0 Å². The van der Waals surface area contributed by atoms with E-state index in [1.165, 1.54) is 32.4 Å². The van der Waals surface area contributed by atoms with Crippen molar-refractivity contribution in [3.8, 4) is 17.4 Å². The van der Waals surface area contributed by atoms with E-state index in [0.717, 1.165) is 4.90 Å². The smallest absolute Gasteiger partial charge is 0.451 e. The number of aromatic nitrogens is 2. The number of sulfonamides is 1. The van der Waals surface area contributed by atoms with Crippen LogP contribution in [0, 0.1) is 11.3 Å². The molecule has 2 heterocycles. The van der Waals surface area contributed by atoms with Gasteiger partial charge in [0, 0.05) is 18.4 Å². The lowest BCUT2D eigenvalue weighted by molar-refractivity contribution is -0.145. The van der Waals surface area contributed by atoms with Crippen molar-refractivity contribution in [2.75, 3.05) is 20.8 Å². The first-order valence-corrected chi connectivity index (χ1v) is 17.0. The number of ether oxygens (including phenoxy) is 3. The number of fused-ring (bicyclic) bond motifs is 1. The molecule has 268 valence electrons. The molecule has 18 heteroatoms. The van der Waals surface area contributed by atoms with E-state index in [2.05, 4.69) is 26.6 Å². The molecule has 2 aliphatic carbocycles. The van der Waals surface area contributed by atoms with E-state index < -0.39 is 85.9 Å². The van der Waals surface area contributed by atoms with E-state index in [-0.39, 0.29) is 41.8 Å². The normalized spacial score (nSPS) is 24.6. The number of benzene rings is 1. The summed E-state index contributed by atoms with van der Waals surface area (Å²) in [5.74, 6) is -4.67. The molecule has 0 radical (unpaired) electrons. The zero-order valence-electron chi connectivity index (χ0n) is 27.6. The fraction of sp³-hybridized carbons (Fsp3) is 0.581. The van der Waals surface area contributed by atoms with Gasteiger partial charge in [0.2, 0.25) is 33.5 Å². The number of carbonyl (C=O) groups is 3. The third kappa shape index (κ3) is 7.11. The second-order valence-corrected chi connectivity index (χ2v) is 15.5. The Morgan fingerprint density at radius 2 is 1.76 bits per heavy atom. The van der Waals surface area contributed by atoms with Crippen LogP contribution in [0.2, 0.25) is 0 Å². The molecular weight excluding hydrogens is 673 g/mol. The summed E-state index contributed by atoms with van der Waals surface area (Å²) in [6.45, 7) is 8.57. The van der Waals surface area contributed by atoms with Crippen LogP contribution in [0.5, 0.6) is 17.4 Å². The Labute approximate surface area is 281 Å². The maximum absolute atomic E-state index is 13.9. The molecule has 3 fully saturated rings. The van der Waals surface area contributed by atoms with Gasteiger partial charge in [0.1, 0.15) is 17.7 Å². The van der Waals surface area contributed by atoms with Gasteiger partial charge in [-0.1, -0.05) is 26.8 Å². The number of alkyl halides is 3. The molecule has 1 saturated heterocycles. The van der Waals surface area contributed by atoms with Gasteiger partial charge in [-0.15, -0.1) is 6.58 Å². The Kier molecular flexibility index (Phi) is 9.29. The molecule has 1 aromatic heterocycles. The Hall–Kier alpha value is -4.19. The number of hydrogen-bond acceptors (Lipinski definition) is 11. The molecule has 3 aliphatic rings. The van der Waals surface area contributed by atoms with Crippen LogP contribution in [0.25, 0.3) is 10.9 Å². The van der Waals surface area contributed by atoms with Gasteiger partial charge < -0.3 is 30.2 Å². The molecule has 0 bridgehead atoms. The summed E-state index contributed by atoms with van der Waals surface area (Å²) in [5, 5.41) is 1.99. The van der Waals surface area contributed by atoms with E-state index in [9.17, 15) is 36.0 Å². The van der Waals surface area contributed by atoms with Gasteiger partial charge in [-0.25, -0.2) is 13.4 Å². The third-order valence-corrected chi connectivity index (χ3v) is 10.8. The number of amides is 3. The molecule has 5 rings (SSSR count). The molecule has 49 heavy (non-hydrogen) atoms. The van der Waals surface area contributed by atoms with Crippen molar-refractivity contribution in [2.24, 2.45) is 17.1 Å². The first-order chi connectivity index (χ1) is 22.7. The predicted molar refractivity (Wildman–Crippen MR) is 169 cm³/mol. The number of likely N-dealkylation sites (tertiary alicyclic amines) is 1. The highest BCUT2D eigenvalue weighted by molar-refractivity contribution is 7.91. The largest absolute Gasteiger partial charge is 0.493 e. The van der Waals surface area contributed by atoms with Crippen LogP contribution in [0.1, 0.15) is 52.3 Å². The summed E-state index contributed by atoms with van der Waals surface area (Å²) in [7, 11) is -1.30. The number of nitrogens with zero attached hydrogens (tertiary/aromatic N) is 3. The van der Waals surface area contributed by atoms with Gasteiger partial charge in [-0.2, -0.15) is 18.2 Å². The van der Waals surface area contributed by atoms with E-state index in [4.69, 9.17) is 19.9 Å². The highest BCUT2D eigenvalue weighted by Crippen LogP contribution is 2.46. The maximum atomic E-state index is 13.9. The lowest BCUT2D eigenvalue weighted by Gasteiger charge is -2.33. The minimum absolute atomic E-state index is 0.0436. The Morgan fingerprint density at radius 3 is 2.29 bits per heavy atom. The number of methoxy groups -OCH3 is 2. The highest BCUT2D eigenvalue weighted by Gasteiger charge is 2.62. The van der Waals surface area contributed by atoms with E-state index in [0.29, 0.717) is 12.8 Å². The van der Waals surface area contributed by atoms with Crippen molar-refractivity contribution in [3.05, 3.63) is 30.6 Å². The molecule has 3 amide bonds. The first-order valence-electron chi connectivity index (χ1n) is 15.5. The maximum Gasteiger partial charge on any atom is 0.451 e. The van der Waals surface area contributed by atoms with Crippen molar-refractivity contribution in [1.29, 1.82) is 0 Å². The molecule has 1 aliphatic heterocycles. The minimum atomic E-state index is -4.95. The zero-order chi connectivity index (χ0) is 36.3. The van der Waals surface area contributed by atoms with E-state index in [1.807, 2.05) is 0 Å². The third-order valence-electron chi connectivity index (χ3n) is 8.99. The molecule has 14 nitrogen and oxygen atoms in total. The van der Waals surface area contributed by atoms with Crippen LogP contribution < -0.4 is 30.0 Å². The summed E-state index contributed by atoms with van der Waals surface area (Å²) >= 11 is 0. The van der Waals surface area contributed by atoms with Crippen molar-refractivity contribution in [3.63, 3.8) is 0 Å². The van der Waals surface area contributed by atoms with Crippen molar-refractivity contribution in [2.45, 2.75) is 81.6 Å². The average molecular weight is 713 g/mol. The zero-order valence-corrected chi connectivity index (χ0v) is 28.4. The molecule has 0 spiro atoms. The monoisotopic (exact) mass is 712 g/mol. The first kappa shape index (κ1) is 36.1. The van der Waals surface area contributed by atoms with Gasteiger partial charge in [0.05, 0.1) is 43.0 Å². The quantitative estimate of drug-likeness (QED) is 0.289. The summed E-state index contributed by atoms with van der Waals surface area (Å²) in [5.41, 5.74) is 3.74. The molecule has 2 aromatic rings. The Bertz CT molecular complexity index is 1800. The summed E-state index contributed by atoms with van der Waals surface area (Å²) in [6, 6.07) is 0.187. The second kappa shape index (κ2) is 12.6. The van der Waals surface area contributed by atoms with Crippen molar-refractivity contribution >= 4 is 38.6 Å². The van der Waals surface area contributed by atoms with Crippen LogP contribution in [0.3, 0.4) is 0 Å². The average Bonchev–Trinajstić information content (AvgIpc) is 3.95. The van der Waals surface area contributed by atoms with Crippen LogP contribution in [-0.2, 0) is 30.6 Å². The fourth-order valence-electron chi connectivity index (χ4n) is 5.75. The number of carbonyl (C=O) groups excluding carboxylic acids is 3. The van der Waals surface area contributed by atoms with Gasteiger partial charge in [-0.3, -0.25) is 19.1 Å². The van der Waals surface area contributed by atoms with Crippen molar-refractivity contribution < 1.29 is 50.2 Å². The molecular formula is C31H39F3N6O8S. The number of hydrogen-bond donors (Lipinski definition) is 3. The highest BCUT2D eigenvalue weighted by atomic mass is 32.2. The van der Waals surface area contributed by atoms with Gasteiger partial charge in [0.15, 0.2) is 11.5 Å². The van der Waals surface area contributed by atoms with Gasteiger partial charge in [-0.05, 0) is 30.7 Å². The summed E-state index contributed by atoms with van der Waals surface area (Å²) < 4.78 is 85.3. The number of halogens is 3. The minimum Gasteiger partial charge on any atom is -0.493 e. The number of rotatable bonds is 11. The predicted octanol–water partition coefficient (Wildman–Crippen LogP) is 2.06. The summed E-state index contributed by atoms with van der Waals surface area (Å²) in [4.78, 5) is 49.4. The van der Waals surface area contributed by atoms with E-state index in [1.54, 1.807) is 20.8 Å². The summed E-state index contributed by atoms with van der Waals surface area (Å²) in [6.07, 6.45) is -3.95. The lowest BCUT2D eigenvalue weighted by atomic mass is 9.86. The SMILES string of the molecule is C=CC1CC1(NC(=O)C1CC(Oc2nc(C(F)(F)F)nc3cc(OC)c(OC)cc23)CN1C(=O)C(N)C(C)(C)C)C(=O)NS(=O)(=O)C1CC1. The van der Waals surface area contributed by atoms with Crippen LogP contribution in [0.4, 0.5) is 13.2 Å². The molecule has 4 N–H and O–H groups in total. The second-order valence-electron chi connectivity index (χ2n) is 13.6. The number of nitrogens with two attached hydrogens (primary N) is 1. The van der Waals surface area contributed by atoms with Crippen molar-refractivity contribution in [1.82, 2.24) is 24.9 Å². The Morgan fingerprint density at radius 1 is 1.12 bits per heavy atom. The Balaban J connectivity index is 1.48. The van der Waals surface area contributed by atoms with Gasteiger partial charge >= 0.3 is 6.18 Å². The van der Waals surface area contributed by atoms with Crippen LogP contribution in [0.15, 0.2) is 24.8 Å². The topological polar surface area (TPSA) is 192 Å².